The Morgan fingerprint density at radius 1 is 1.09 bits per heavy atom. The van der Waals surface area contributed by atoms with Gasteiger partial charge in [0, 0.05) is 42.9 Å². The number of rotatable bonds is 7. The Morgan fingerprint density at radius 2 is 1.82 bits per heavy atom. The normalized spacial score (nSPS) is 14.4. The first-order chi connectivity index (χ1) is 16.0. The fourth-order valence-corrected chi connectivity index (χ4v) is 4.13. The smallest absolute Gasteiger partial charge is 0.322 e. The van der Waals surface area contributed by atoms with Crippen molar-refractivity contribution in [2.45, 2.75) is 26.8 Å². The molecule has 33 heavy (non-hydrogen) atoms. The average molecular weight is 449 g/mol. The monoisotopic (exact) mass is 448 g/mol. The molecular formula is C26H32N4O3. The molecule has 1 aliphatic heterocycles. The number of ether oxygens (including phenoxy) is 1. The van der Waals surface area contributed by atoms with Crippen LogP contribution in [-0.4, -0.2) is 60.2 Å². The number of aryl methyl sites for hydroxylation is 2. The Labute approximate surface area is 194 Å². The number of fused-ring (bicyclic) bond motifs is 1. The number of aromatic nitrogens is 1. The van der Waals surface area contributed by atoms with Gasteiger partial charge in [0.2, 0.25) is 0 Å². The summed E-state index contributed by atoms with van der Waals surface area (Å²) in [6.07, 6.45) is 0.825. The van der Waals surface area contributed by atoms with Crippen LogP contribution in [0.15, 0.2) is 53.3 Å². The van der Waals surface area contributed by atoms with Crippen LogP contribution in [0.2, 0.25) is 0 Å². The molecule has 2 heterocycles. The van der Waals surface area contributed by atoms with Gasteiger partial charge in [0.25, 0.3) is 5.56 Å². The van der Waals surface area contributed by atoms with Crippen molar-refractivity contribution in [3.63, 3.8) is 0 Å². The van der Waals surface area contributed by atoms with Crippen LogP contribution < -0.4 is 10.9 Å². The standard InChI is InChI=1S/C26H32N4O3/c1-19-15-21-17-22(25(31)28-24(21)16-20(19)2)18-30(10-6-9-29-11-13-33-14-12-29)26(32)27-23-7-4-3-5-8-23/h3-5,7-8,15-17H,6,9-14,18H2,1-2H3,(H,27,32)(H,28,31). The molecule has 3 aromatic rings. The van der Waals surface area contributed by atoms with E-state index in [2.05, 4.69) is 28.2 Å². The zero-order valence-electron chi connectivity index (χ0n) is 19.4. The Bertz CT molecular complexity index is 1150. The number of morpholine rings is 1. The van der Waals surface area contributed by atoms with Crippen LogP contribution in [0.4, 0.5) is 10.5 Å². The number of aromatic amines is 1. The van der Waals surface area contributed by atoms with Crippen LogP contribution in [0, 0.1) is 13.8 Å². The van der Waals surface area contributed by atoms with Crippen LogP contribution in [0.5, 0.6) is 0 Å². The van der Waals surface area contributed by atoms with Crippen molar-refractivity contribution in [2.24, 2.45) is 0 Å². The molecule has 1 fully saturated rings. The summed E-state index contributed by atoms with van der Waals surface area (Å²) in [6, 6.07) is 15.2. The van der Waals surface area contributed by atoms with E-state index in [1.807, 2.05) is 49.4 Å². The lowest BCUT2D eigenvalue weighted by atomic mass is 10.0. The number of amides is 2. The molecule has 0 unspecified atom stereocenters. The van der Waals surface area contributed by atoms with Crippen molar-refractivity contribution >= 4 is 22.6 Å². The molecule has 7 heteroatoms. The molecule has 2 amide bonds. The molecule has 0 aliphatic carbocycles. The summed E-state index contributed by atoms with van der Waals surface area (Å²) in [6.45, 7) is 9.13. The van der Waals surface area contributed by atoms with Gasteiger partial charge in [-0.2, -0.15) is 0 Å². The molecule has 1 aromatic heterocycles. The number of nitrogens with one attached hydrogen (secondary N) is 2. The van der Waals surface area contributed by atoms with Gasteiger partial charge in [-0.15, -0.1) is 0 Å². The van der Waals surface area contributed by atoms with Gasteiger partial charge in [0.15, 0.2) is 0 Å². The highest BCUT2D eigenvalue weighted by Gasteiger charge is 2.18. The maximum absolute atomic E-state index is 13.1. The van der Waals surface area contributed by atoms with Gasteiger partial charge in [0.1, 0.15) is 0 Å². The van der Waals surface area contributed by atoms with Crippen molar-refractivity contribution in [1.29, 1.82) is 0 Å². The Balaban J connectivity index is 1.52. The Morgan fingerprint density at radius 3 is 2.58 bits per heavy atom. The summed E-state index contributed by atoms with van der Waals surface area (Å²) in [5, 5.41) is 3.94. The molecule has 0 atom stereocenters. The first-order valence-corrected chi connectivity index (χ1v) is 11.5. The number of carbonyl (C=O) groups excluding carboxylic acids is 1. The molecule has 4 rings (SSSR count). The SMILES string of the molecule is Cc1cc2cc(CN(CCCN3CCOCC3)C(=O)Nc3ccccc3)c(=O)[nH]c2cc1C. The zero-order valence-corrected chi connectivity index (χ0v) is 19.4. The second-order valence-electron chi connectivity index (χ2n) is 8.67. The van der Waals surface area contributed by atoms with Crippen LogP contribution in [0.1, 0.15) is 23.1 Å². The number of carbonyl (C=O) groups is 1. The minimum atomic E-state index is -0.206. The molecule has 0 spiro atoms. The molecule has 0 bridgehead atoms. The van der Waals surface area contributed by atoms with Crippen molar-refractivity contribution in [3.05, 3.63) is 75.6 Å². The number of H-pyrrole nitrogens is 1. The van der Waals surface area contributed by atoms with E-state index in [4.69, 9.17) is 4.74 Å². The maximum Gasteiger partial charge on any atom is 0.322 e. The van der Waals surface area contributed by atoms with E-state index >= 15 is 0 Å². The summed E-state index contributed by atoms with van der Waals surface area (Å²) in [4.78, 5) is 33.0. The quantitative estimate of drug-likeness (QED) is 0.575. The van der Waals surface area contributed by atoms with E-state index in [0.717, 1.165) is 61.4 Å². The van der Waals surface area contributed by atoms with E-state index in [9.17, 15) is 9.59 Å². The van der Waals surface area contributed by atoms with Crippen LogP contribution in [0.25, 0.3) is 10.9 Å². The highest BCUT2D eigenvalue weighted by molar-refractivity contribution is 5.89. The highest BCUT2D eigenvalue weighted by atomic mass is 16.5. The number of nitrogens with zero attached hydrogens (tertiary/aromatic N) is 2. The summed E-state index contributed by atoms with van der Waals surface area (Å²) in [7, 11) is 0. The number of pyridine rings is 1. The van der Waals surface area contributed by atoms with E-state index in [1.54, 1.807) is 4.90 Å². The molecule has 0 saturated carbocycles. The van der Waals surface area contributed by atoms with Crippen molar-refractivity contribution in [1.82, 2.24) is 14.8 Å². The largest absolute Gasteiger partial charge is 0.379 e. The minimum absolute atomic E-state index is 0.156. The number of para-hydroxylation sites is 1. The molecule has 2 N–H and O–H groups in total. The van der Waals surface area contributed by atoms with Gasteiger partial charge in [-0.05, 0) is 67.1 Å². The second-order valence-corrected chi connectivity index (χ2v) is 8.67. The first-order valence-electron chi connectivity index (χ1n) is 11.5. The molecule has 7 nitrogen and oxygen atoms in total. The molecule has 1 saturated heterocycles. The van der Waals surface area contributed by atoms with Gasteiger partial charge in [0.05, 0.1) is 19.8 Å². The molecular weight excluding hydrogens is 416 g/mol. The van der Waals surface area contributed by atoms with Gasteiger partial charge < -0.3 is 19.9 Å². The lowest BCUT2D eigenvalue weighted by molar-refractivity contribution is 0.0365. The minimum Gasteiger partial charge on any atom is -0.379 e. The van der Waals surface area contributed by atoms with E-state index < -0.39 is 0 Å². The lowest BCUT2D eigenvalue weighted by Crippen LogP contribution is -2.40. The number of urea groups is 1. The van der Waals surface area contributed by atoms with Gasteiger partial charge in [-0.25, -0.2) is 4.79 Å². The molecule has 174 valence electrons. The van der Waals surface area contributed by atoms with Crippen molar-refractivity contribution < 1.29 is 9.53 Å². The van der Waals surface area contributed by atoms with Gasteiger partial charge in [-0.3, -0.25) is 9.69 Å². The van der Waals surface area contributed by atoms with Crippen molar-refractivity contribution in [3.8, 4) is 0 Å². The van der Waals surface area contributed by atoms with E-state index in [0.29, 0.717) is 12.1 Å². The van der Waals surface area contributed by atoms with Crippen LogP contribution in [-0.2, 0) is 11.3 Å². The molecule has 1 aliphatic rings. The highest BCUT2D eigenvalue weighted by Crippen LogP contribution is 2.18. The first kappa shape index (κ1) is 23.0. The summed E-state index contributed by atoms with van der Waals surface area (Å²) < 4.78 is 5.42. The predicted octanol–water partition coefficient (Wildman–Crippen LogP) is 3.90. The lowest BCUT2D eigenvalue weighted by Gasteiger charge is -2.28. The fraction of sp³-hybridized carbons (Fsp3) is 0.385. The van der Waals surface area contributed by atoms with Crippen molar-refractivity contribution in [2.75, 3.05) is 44.7 Å². The fourth-order valence-electron chi connectivity index (χ4n) is 4.13. The number of hydrogen-bond acceptors (Lipinski definition) is 4. The summed E-state index contributed by atoms with van der Waals surface area (Å²) >= 11 is 0. The topological polar surface area (TPSA) is 77.7 Å². The van der Waals surface area contributed by atoms with E-state index in [1.165, 1.54) is 5.56 Å². The second kappa shape index (κ2) is 10.6. The van der Waals surface area contributed by atoms with Gasteiger partial charge >= 0.3 is 6.03 Å². The third-order valence-electron chi connectivity index (χ3n) is 6.22. The third kappa shape index (κ3) is 6.00. The molecule has 2 aromatic carbocycles. The van der Waals surface area contributed by atoms with Crippen LogP contribution >= 0.6 is 0 Å². The van der Waals surface area contributed by atoms with Crippen LogP contribution in [0.3, 0.4) is 0 Å². The summed E-state index contributed by atoms with van der Waals surface area (Å²) in [5.74, 6) is 0. The maximum atomic E-state index is 13.1. The summed E-state index contributed by atoms with van der Waals surface area (Å²) in [5.41, 5.74) is 4.29. The van der Waals surface area contributed by atoms with E-state index in [-0.39, 0.29) is 18.1 Å². The third-order valence-corrected chi connectivity index (χ3v) is 6.22. The Kier molecular flexibility index (Phi) is 7.42. The number of hydrogen-bond donors (Lipinski definition) is 2. The molecule has 0 radical (unpaired) electrons. The predicted molar refractivity (Wildman–Crippen MR) is 132 cm³/mol. The number of benzene rings is 2. The van der Waals surface area contributed by atoms with Gasteiger partial charge in [-0.1, -0.05) is 18.2 Å². The zero-order chi connectivity index (χ0) is 23.2. The average Bonchev–Trinajstić information content (AvgIpc) is 2.81. The number of anilines is 1. The Hall–Kier alpha value is -3.16.